The van der Waals surface area contributed by atoms with Gasteiger partial charge in [-0.1, -0.05) is 11.6 Å². The lowest BCUT2D eigenvalue weighted by atomic mass is 9.66. The Morgan fingerprint density at radius 1 is 1.56 bits per heavy atom. The molecule has 2 unspecified atom stereocenters. The van der Waals surface area contributed by atoms with E-state index in [1.165, 1.54) is 0 Å². The number of hydrogen-bond acceptors (Lipinski definition) is 4. The molecule has 0 aromatic carbocycles. The summed E-state index contributed by atoms with van der Waals surface area (Å²) < 4.78 is 5.48. The molecule has 1 amide bonds. The molecule has 2 aliphatic rings. The van der Waals surface area contributed by atoms with E-state index in [1.807, 2.05) is 6.92 Å². The average molecular weight is 255 g/mol. The fourth-order valence-corrected chi connectivity index (χ4v) is 2.92. The van der Waals surface area contributed by atoms with Gasteiger partial charge < -0.3 is 20.6 Å². The number of oxime groups is 1. The normalized spacial score (nSPS) is 30.9. The summed E-state index contributed by atoms with van der Waals surface area (Å²) in [7, 11) is 1.78. The Kier molecular flexibility index (Phi) is 3.47. The van der Waals surface area contributed by atoms with Crippen LogP contribution >= 0.6 is 0 Å². The highest BCUT2D eigenvalue weighted by Crippen LogP contribution is 2.43. The van der Waals surface area contributed by atoms with Crippen LogP contribution in [0.2, 0.25) is 0 Å². The molecule has 1 heterocycles. The van der Waals surface area contributed by atoms with Gasteiger partial charge in [0.25, 0.3) is 0 Å². The second-order valence-corrected chi connectivity index (χ2v) is 5.27. The van der Waals surface area contributed by atoms with Crippen molar-refractivity contribution in [3.63, 3.8) is 0 Å². The van der Waals surface area contributed by atoms with Crippen molar-refractivity contribution in [2.45, 2.75) is 44.8 Å². The Bertz CT molecular complexity index is 366. The summed E-state index contributed by atoms with van der Waals surface area (Å²) in [6.07, 6.45) is 3.15. The largest absolute Gasteiger partial charge is 0.409 e. The molecular formula is C12H21N3O3. The first kappa shape index (κ1) is 13.1. The van der Waals surface area contributed by atoms with Crippen LogP contribution in [0.3, 0.4) is 0 Å². The van der Waals surface area contributed by atoms with E-state index < -0.39 is 5.41 Å². The van der Waals surface area contributed by atoms with Crippen molar-refractivity contribution in [1.82, 2.24) is 4.90 Å². The lowest BCUT2D eigenvalue weighted by molar-refractivity contribution is -0.144. The monoisotopic (exact) mass is 255 g/mol. The van der Waals surface area contributed by atoms with Crippen molar-refractivity contribution in [1.29, 1.82) is 0 Å². The molecule has 3 N–H and O–H groups in total. The molecule has 0 spiro atoms. The van der Waals surface area contributed by atoms with E-state index in [1.54, 1.807) is 11.9 Å². The molecule has 18 heavy (non-hydrogen) atoms. The van der Waals surface area contributed by atoms with Gasteiger partial charge in [0.2, 0.25) is 5.91 Å². The molecule has 0 radical (unpaired) electrons. The Hall–Kier alpha value is -1.30. The minimum absolute atomic E-state index is 0.0390. The maximum absolute atomic E-state index is 12.6. The number of carbonyl (C=O) groups excluding carboxylic acids is 1. The molecule has 0 bridgehead atoms. The van der Waals surface area contributed by atoms with Crippen molar-refractivity contribution >= 4 is 11.7 Å². The molecule has 0 aromatic rings. The summed E-state index contributed by atoms with van der Waals surface area (Å²) in [4.78, 5) is 14.3. The number of nitrogens with two attached hydrogens (primary N) is 1. The molecule has 1 aliphatic carbocycles. The van der Waals surface area contributed by atoms with Crippen LogP contribution in [0.5, 0.6) is 0 Å². The van der Waals surface area contributed by atoms with E-state index in [2.05, 4.69) is 5.16 Å². The molecule has 6 nitrogen and oxygen atoms in total. The minimum atomic E-state index is -0.786. The Morgan fingerprint density at radius 3 is 2.61 bits per heavy atom. The van der Waals surface area contributed by atoms with Crippen LogP contribution in [-0.2, 0) is 9.53 Å². The molecule has 2 fully saturated rings. The first-order chi connectivity index (χ1) is 8.53. The SMILES string of the molecule is CC1OCCC1N(C)C(=O)C1(C(N)=NO)CCC1. The predicted octanol–water partition coefficient (Wildman–Crippen LogP) is 0.539. The van der Waals surface area contributed by atoms with Gasteiger partial charge in [-0.25, -0.2) is 0 Å². The molecule has 2 rings (SSSR count). The summed E-state index contributed by atoms with van der Waals surface area (Å²) in [5, 5.41) is 11.9. The molecule has 2 atom stereocenters. The third-order valence-corrected chi connectivity index (χ3v) is 4.37. The van der Waals surface area contributed by atoms with E-state index in [-0.39, 0.29) is 23.9 Å². The first-order valence-corrected chi connectivity index (χ1v) is 6.40. The van der Waals surface area contributed by atoms with Crippen LogP contribution < -0.4 is 5.73 Å². The Labute approximate surface area is 107 Å². The lowest BCUT2D eigenvalue weighted by Gasteiger charge is -2.43. The topological polar surface area (TPSA) is 88.2 Å². The van der Waals surface area contributed by atoms with Gasteiger partial charge >= 0.3 is 0 Å². The maximum atomic E-state index is 12.6. The van der Waals surface area contributed by atoms with Gasteiger partial charge in [0.1, 0.15) is 5.41 Å². The molecule has 0 aromatic heterocycles. The zero-order valence-corrected chi connectivity index (χ0v) is 10.9. The summed E-state index contributed by atoms with van der Waals surface area (Å²) >= 11 is 0. The van der Waals surface area contributed by atoms with E-state index in [4.69, 9.17) is 15.7 Å². The van der Waals surface area contributed by atoms with Crippen LogP contribution in [0.15, 0.2) is 5.16 Å². The molecular weight excluding hydrogens is 234 g/mol. The predicted molar refractivity (Wildman–Crippen MR) is 66.3 cm³/mol. The quantitative estimate of drug-likeness (QED) is 0.333. The highest BCUT2D eigenvalue weighted by atomic mass is 16.5. The van der Waals surface area contributed by atoms with Crippen molar-refractivity contribution in [2.75, 3.05) is 13.7 Å². The van der Waals surface area contributed by atoms with E-state index in [9.17, 15) is 4.79 Å². The summed E-state index contributed by atoms with van der Waals surface area (Å²) in [6, 6.07) is 0.0847. The number of amidine groups is 1. The van der Waals surface area contributed by atoms with Crippen molar-refractivity contribution in [3.8, 4) is 0 Å². The lowest BCUT2D eigenvalue weighted by Crippen LogP contribution is -2.57. The van der Waals surface area contributed by atoms with Crippen molar-refractivity contribution in [3.05, 3.63) is 0 Å². The second-order valence-electron chi connectivity index (χ2n) is 5.27. The zero-order valence-electron chi connectivity index (χ0n) is 10.9. The van der Waals surface area contributed by atoms with Crippen LogP contribution in [0, 0.1) is 5.41 Å². The van der Waals surface area contributed by atoms with Crippen molar-refractivity contribution < 1.29 is 14.7 Å². The number of rotatable bonds is 3. The van der Waals surface area contributed by atoms with Crippen LogP contribution in [0.4, 0.5) is 0 Å². The number of likely N-dealkylation sites (N-methyl/N-ethyl adjacent to an activating group) is 1. The highest BCUT2D eigenvalue weighted by Gasteiger charge is 2.51. The van der Waals surface area contributed by atoms with Crippen LogP contribution in [0.25, 0.3) is 0 Å². The summed E-state index contributed by atoms with van der Waals surface area (Å²) in [5.41, 5.74) is 4.92. The fraction of sp³-hybridized carbons (Fsp3) is 0.833. The maximum Gasteiger partial charge on any atom is 0.236 e. The van der Waals surface area contributed by atoms with Gasteiger partial charge in [0.05, 0.1) is 12.1 Å². The first-order valence-electron chi connectivity index (χ1n) is 6.40. The smallest absolute Gasteiger partial charge is 0.236 e. The molecule has 102 valence electrons. The van der Waals surface area contributed by atoms with Gasteiger partial charge in [-0.15, -0.1) is 0 Å². The Morgan fingerprint density at radius 2 is 2.22 bits per heavy atom. The van der Waals surface area contributed by atoms with Gasteiger partial charge in [-0.05, 0) is 26.2 Å². The van der Waals surface area contributed by atoms with Crippen LogP contribution in [-0.4, -0.2) is 47.7 Å². The summed E-state index contributed by atoms with van der Waals surface area (Å²) in [5.74, 6) is -0.0106. The second kappa shape index (κ2) is 4.76. The zero-order chi connectivity index (χ0) is 13.3. The minimum Gasteiger partial charge on any atom is -0.409 e. The van der Waals surface area contributed by atoms with Crippen LogP contribution in [0.1, 0.15) is 32.6 Å². The van der Waals surface area contributed by atoms with E-state index in [0.29, 0.717) is 19.4 Å². The highest BCUT2D eigenvalue weighted by molar-refractivity contribution is 6.07. The van der Waals surface area contributed by atoms with E-state index in [0.717, 1.165) is 12.8 Å². The van der Waals surface area contributed by atoms with Crippen molar-refractivity contribution in [2.24, 2.45) is 16.3 Å². The summed E-state index contributed by atoms with van der Waals surface area (Å²) in [6.45, 7) is 2.65. The van der Waals surface area contributed by atoms with Gasteiger partial charge in [0, 0.05) is 13.7 Å². The molecule has 1 aliphatic heterocycles. The standard InChI is InChI=1S/C12H21N3O3/c1-8-9(4-7-18-8)15(2)11(16)12(5-3-6-12)10(13)14-17/h8-9,17H,3-7H2,1-2H3,(H2,13,14). The van der Waals surface area contributed by atoms with Gasteiger partial charge in [-0.2, -0.15) is 0 Å². The van der Waals surface area contributed by atoms with Gasteiger partial charge in [0.15, 0.2) is 5.84 Å². The molecule has 1 saturated carbocycles. The van der Waals surface area contributed by atoms with Gasteiger partial charge in [-0.3, -0.25) is 4.79 Å². The number of hydrogen-bond donors (Lipinski definition) is 2. The number of carbonyl (C=O) groups is 1. The Balaban J connectivity index is 2.15. The number of ether oxygens (including phenoxy) is 1. The van der Waals surface area contributed by atoms with E-state index >= 15 is 0 Å². The molecule has 1 saturated heterocycles. The molecule has 6 heteroatoms. The third-order valence-electron chi connectivity index (χ3n) is 4.37. The third kappa shape index (κ3) is 1.84. The number of amides is 1. The average Bonchev–Trinajstić information content (AvgIpc) is 2.72. The number of nitrogens with zero attached hydrogens (tertiary/aromatic N) is 2. The fourth-order valence-electron chi connectivity index (χ4n) is 2.92.